The third-order valence-corrected chi connectivity index (χ3v) is 3.32. The lowest BCUT2D eigenvalue weighted by atomic mass is 10.2. The molecule has 0 aliphatic carbocycles. The minimum Gasteiger partial charge on any atom is -0.394 e. The summed E-state index contributed by atoms with van der Waals surface area (Å²) in [6, 6.07) is 4.92. The van der Waals surface area contributed by atoms with Crippen molar-refractivity contribution in [1.29, 1.82) is 0 Å². The first kappa shape index (κ1) is 11.9. The average Bonchev–Trinajstić information content (AvgIpc) is 2.68. The predicted molar refractivity (Wildman–Crippen MR) is 70.1 cm³/mol. The fraction of sp³-hybridized carbons (Fsp3) is 0. The summed E-state index contributed by atoms with van der Waals surface area (Å²) in [4.78, 5) is 11.8. The number of hydrogen-bond donors (Lipinski definition) is 3. The Bertz CT molecular complexity index is 569. The van der Waals surface area contributed by atoms with Crippen molar-refractivity contribution in [3.8, 4) is 0 Å². The second-order valence-corrected chi connectivity index (χ2v) is 4.54. The summed E-state index contributed by atoms with van der Waals surface area (Å²) in [6.07, 6.45) is 1.42. The molecule has 1 heterocycles. The Morgan fingerprint density at radius 2 is 2.29 bits per heavy atom. The number of amides is 1. The van der Waals surface area contributed by atoms with Crippen LogP contribution in [-0.2, 0) is 0 Å². The third kappa shape index (κ3) is 2.59. The van der Waals surface area contributed by atoms with Gasteiger partial charge in [-0.3, -0.25) is 9.89 Å². The summed E-state index contributed by atoms with van der Waals surface area (Å²) in [5.41, 5.74) is 6.39. The van der Waals surface area contributed by atoms with Gasteiger partial charge in [-0.15, -0.1) is 0 Å². The smallest absolute Gasteiger partial charge is 0.256 e. The monoisotopic (exact) mass is 314 g/mol. The number of benzene rings is 1. The van der Waals surface area contributed by atoms with Gasteiger partial charge < -0.3 is 11.1 Å². The van der Waals surface area contributed by atoms with Crippen LogP contribution in [0.3, 0.4) is 0 Å². The highest BCUT2D eigenvalue weighted by molar-refractivity contribution is 9.10. The average molecular weight is 316 g/mol. The Labute approximate surface area is 110 Å². The van der Waals surface area contributed by atoms with E-state index in [1.165, 1.54) is 6.20 Å². The maximum Gasteiger partial charge on any atom is 0.256 e. The third-order valence-electron chi connectivity index (χ3n) is 2.09. The molecule has 4 N–H and O–H groups in total. The number of nitrogen functional groups attached to an aromatic ring is 1. The molecular formula is C10H8BrClN4O. The summed E-state index contributed by atoms with van der Waals surface area (Å²) < 4.78 is 0.733. The number of carbonyl (C=O) groups is 1. The van der Waals surface area contributed by atoms with Gasteiger partial charge in [-0.1, -0.05) is 11.6 Å². The van der Waals surface area contributed by atoms with Gasteiger partial charge in [0.05, 0.1) is 16.9 Å². The van der Waals surface area contributed by atoms with Crippen LogP contribution in [-0.4, -0.2) is 16.1 Å². The lowest BCUT2D eigenvalue weighted by molar-refractivity contribution is 0.102. The van der Waals surface area contributed by atoms with Crippen LogP contribution in [0.25, 0.3) is 0 Å². The van der Waals surface area contributed by atoms with Crippen molar-refractivity contribution >= 4 is 44.9 Å². The van der Waals surface area contributed by atoms with Crippen LogP contribution in [0.1, 0.15) is 10.4 Å². The van der Waals surface area contributed by atoms with Gasteiger partial charge in [0.1, 0.15) is 0 Å². The standard InChI is InChI=1S/C10H8BrClN4O/c11-6-2-1-5(3-7(6)12)10(17)15-9-8(13)4-14-16-9/h1-4H,13H2,(H2,14,15,16,17). The van der Waals surface area contributed by atoms with Crippen LogP contribution in [0.5, 0.6) is 0 Å². The number of H-pyrrole nitrogens is 1. The minimum atomic E-state index is -0.310. The molecule has 0 radical (unpaired) electrons. The Morgan fingerprint density at radius 1 is 1.53 bits per heavy atom. The van der Waals surface area contributed by atoms with Crippen molar-refractivity contribution in [3.05, 3.63) is 39.5 Å². The molecule has 7 heteroatoms. The van der Waals surface area contributed by atoms with Crippen LogP contribution < -0.4 is 11.1 Å². The van der Waals surface area contributed by atoms with Crippen molar-refractivity contribution in [3.63, 3.8) is 0 Å². The Kier molecular flexibility index (Phi) is 3.35. The number of hydrogen-bond acceptors (Lipinski definition) is 3. The highest BCUT2D eigenvalue weighted by Crippen LogP contribution is 2.23. The van der Waals surface area contributed by atoms with Crippen LogP contribution in [0.4, 0.5) is 11.5 Å². The summed E-state index contributed by atoms with van der Waals surface area (Å²) in [5, 5.41) is 9.35. The largest absolute Gasteiger partial charge is 0.394 e. The lowest BCUT2D eigenvalue weighted by Gasteiger charge is -2.04. The van der Waals surface area contributed by atoms with E-state index in [4.69, 9.17) is 17.3 Å². The van der Waals surface area contributed by atoms with E-state index < -0.39 is 0 Å². The molecule has 1 amide bonds. The lowest BCUT2D eigenvalue weighted by Crippen LogP contribution is -2.13. The highest BCUT2D eigenvalue weighted by atomic mass is 79.9. The van der Waals surface area contributed by atoms with E-state index in [9.17, 15) is 4.79 Å². The summed E-state index contributed by atoms with van der Waals surface area (Å²) >= 11 is 9.15. The van der Waals surface area contributed by atoms with Gasteiger partial charge in [0, 0.05) is 10.0 Å². The molecule has 1 aromatic heterocycles. The molecule has 5 nitrogen and oxygen atoms in total. The number of rotatable bonds is 2. The fourth-order valence-corrected chi connectivity index (χ4v) is 1.65. The van der Waals surface area contributed by atoms with E-state index >= 15 is 0 Å². The van der Waals surface area contributed by atoms with Crippen molar-refractivity contribution in [2.75, 3.05) is 11.1 Å². The van der Waals surface area contributed by atoms with E-state index in [1.807, 2.05) is 0 Å². The SMILES string of the molecule is Nc1cn[nH]c1NC(=O)c1ccc(Br)c(Cl)c1. The van der Waals surface area contributed by atoms with Gasteiger partial charge in [-0.05, 0) is 34.1 Å². The van der Waals surface area contributed by atoms with E-state index in [-0.39, 0.29) is 5.91 Å². The number of carbonyl (C=O) groups excluding carboxylic acids is 1. The quantitative estimate of drug-likeness (QED) is 0.796. The van der Waals surface area contributed by atoms with E-state index in [0.717, 1.165) is 4.47 Å². The number of nitrogens with two attached hydrogens (primary N) is 1. The predicted octanol–water partition coefficient (Wildman–Crippen LogP) is 2.66. The van der Waals surface area contributed by atoms with Crippen molar-refractivity contribution in [1.82, 2.24) is 10.2 Å². The van der Waals surface area contributed by atoms with Crippen molar-refractivity contribution < 1.29 is 4.79 Å². The van der Waals surface area contributed by atoms with Gasteiger partial charge in [0.25, 0.3) is 5.91 Å². The number of aromatic amines is 1. The number of aromatic nitrogens is 2. The Morgan fingerprint density at radius 3 is 2.88 bits per heavy atom. The molecule has 0 atom stereocenters. The number of nitrogens with zero attached hydrogens (tertiary/aromatic N) is 1. The van der Waals surface area contributed by atoms with E-state index in [0.29, 0.717) is 22.1 Å². The number of anilines is 2. The van der Waals surface area contributed by atoms with Crippen LogP contribution in [0, 0.1) is 0 Å². The van der Waals surface area contributed by atoms with Crippen LogP contribution >= 0.6 is 27.5 Å². The molecule has 0 saturated carbocycles. The van der Waals surface area contributed by atoms with Crippen molar-refractivity contribution in [2.24, 2.45) is 0 Å². The first-order valence-corrected chi connectivity index (χ1v) is 5.80. The second-order valence-electron chi connectivity index (χ2n) is 3.28. The molecule has 0 aliphatic rings. The number of nitrogens with one attached hydrogen (secondary N) is 2. The Balaban J connectivity index is 2.20. The maximum atomic E-state index is 11.8. The zero-order valence-corrected chi connectivity index (χ0v) is 10.8. The molecule has 2 rings (SSSR count). The fourth-order valence-electron chi connectivity index (χ4n) is 1.22. The zero-order chi connectivity index (χ0) is 12.4. The molecule has 17 heavy (non-hydrogen) atoms. The number of halogens is 2. The molecule has 1 aromatic carbocycles. The van der Waals surface area contributed by atoms with Crippen LogP contribution in [0.2, 0.25) is 5.02 Å². The molecule has 0 unspecified atom stereocenters. The molecule has 0 saturated heterocycles. The second kappa shape index (κ2) is 4.77. The van der Waals surface area contributed by atoms with Gasteiger partial charge in [-0.2, -0.15) is 5.10 Å². The molecule has 88 valence electrons. The molecule has 0 fully saturated rings. The molecule has 0 spiro atoms. The summed E-state index contributed by atoms with van der Waals surface area (Å²) in [5.74, 6) is 0.0596. The normalized spacial score (nSPS) is 10.2. The van der Waals surface area contributed by atoms with Gasteiger partial charge in [0.15, 0.2) is 5.82 Å². The molecular weight excluding hydrogens is 307 g/mol. The molecule has 0 aliphatic heterocycles. The van der Waals surface area contributed by atoms with Gasteiger partial charge in [-0.25, -0.2) is 0 Å². The highest BCUT2D eigenvalue weighted by Gasteiger charge is 2.10. The topological polar surface area (TPSA) is 83.8 Å². The summed E-state index contributed by atoms with van der Waals surface area (Å²) in [7, 11) is 0. The summed E-state index contributed by atoms with van der Waals surface area (Å²) in [6.45, 7) is 0. The van der Waals surface area contributed by atoms with E-state index in [2.05, 4.69) is 31.4 Å². The van der Waals surface area contributed by atoms with E-state index in [1.54, 1.807) is 18.2 Å². The first-order chi connectivity index (χ1) is 8.08. The minimum absolute atomic E-state index is 0.310. The zero-order valence-electron chi connectivity index (χ0n) is 8.50. The first-order valence-electron chi connectivity index (χ1n) is 4.63. The van der Waals surface area contributed by atoms with Gasteiger partial charge in [0.2, 0.25) is 0 Å². The molecule has 0 bridgehead atoms. The van der Waals surface area contributed by atoms with Gasteiger partial charge >= 0.3 is 0 Å². The Hall–Kier alpha value is -1.53. The van der Waals surface area contributed by atoms with Crippen molar-refractivity contribution in [2.45, 2.75) is 0 Å². The molecule has 2 aromatic rings. The maximum absolute atomic E-state index is 11.8. The van der Waals surface area contributed by atoms with Crippen LogP contribution in [0.15, 0.2) is 28.9 Å².